The molecule has 0 aliphatic rings. The fourth-order valence-corrected chi connectivity index (χ4v) is 4.91. The van der Waals surface area contributed by atoms with Gasteiger partial charge < -0.3 is 4.57 Å². The molecule has 0 bridgehead atoms. The highest BCUT2D eigenvalue weighted by molar-refractivity contribution is 7.98. The second kappa shape index (κ2) is 8.58. The Morgan fingerprint density at radius 3 is 2.39 bits per heavy atom. The van der Waals surface area contributed by atoms with Crippen LogP contribution in [-0.4, -0.2) is 14.5 Å². The van der Waals surface area contributed by atoms with Gasteiger partial charge in [-0.05, 0) is 47.9 Å². The van der Waals surface area contributed by atoms with Crippen molar-refractivity contribution >= 4 is 34.4 Å². The molecule has 3 aromatic carbocycles. The Hall–Kier alpha value is -3.08. The molecule has 0 amide bonds. The van der Waals surface area contributed by atoms with Crippen molar-refractivity contribution in [1.29, 1.82) is 0 Å². The van der Waals surface area contributed by atoms with Gasteiger partial charge in [0.2, 0.25) is 0 Å². The SMILES string of the molecule is Cc1ccccc1CSc1ncnc2c1c(-c1ccccc1)cn2-c1ccc(Cl)cc1. The van der Waals surface area contributed by atoms with Gasteiger partial charge in [0.15, 0.2) is 0 Å². The standard InChI is InChI=1S/C26H20ClN3S/c1-18-7-5-6-10-20(18)16-31-26-24-23(19-8-3-2-4-9-19)15-30(25(24)28-17-29-26)22-13-11-21(27)12-14-22/h2-15,17H,16H2,1H3. The molecule has 3 nitrogen and oxygen atoms in total. The lowest BCUT2D eigenvalue weighted by Crippen LogP contribution is -1.95. The number of aryl methyl sites for hydroxylation is 1. The van der Waals surface area contributed by atoms with Crippen LogP contribution in [0.4, 0.5) is 0 Å². The quantitative estimate of drug-likeness (QED) is 0.211. The van der Waals surface area contributed by atoms with Crippen LogP contribution in [0.5, 0.6) is 0 Å². The number of nitrogens with zero attached hydrogens (tertiary/aromatic N) is 3. The van der Waals surface area contributed by atoms with Gasteiger partial charge in [-0.25, -0.2) is 9.97 Å². The Kier molecular flexibility index (Phi) is 5.49. The summed E-state index contributed by atoms with van der Waals surface area (Å²) in [5, 5.41) is 2.77. The number of thioether (sulfide) groups is 1. The first kappa shape index (κ1) is 19.9. The number of halogens is 1. The van der Waals surface area contributed by atoms with E-state index in [1.807, 2.05) is 30.3 Å². The van der Waals surface area contributed by atoms with Gasteiger partial charge >= 0.3 is 0 Å². The van der Waals surface area contributed by atoms with Crippen LogP contribution in [0, 0.1) is 6.92 Å². The molecule has 0 fully saturated rings. The van der Waals surface area contributed by atoms with E-state index in [1.165, 1.54) is 11.1 Å². The second-order valence-corrected chi connectivity index (χ2v) is 8.75. The van der Waals surface area contributed by atoms with Crippen LogP contribution in [0.3, 0.4) is 0 Å². The zero-order chi connectivity index (χ0) is 21.2. The van der Waals surface area contributed by atoms with Crippen LogP contribution in [0.2, 0.25) is 5.02 Å². The van der Waals surface area contributed by atoms with Crippen molar-refractivity contribution in [1.82, 2.24) is 14.5 Å². The van der Waals surface area contributed by atoms with E-state index in [9.17, 15) is 0 Å². The largest absolute Gasteiger partial charge is 0.301 e. The third-order valence-electron chi connectivity index (χ3n) is 5.36. The van der Waals surface area contributed by atoms with E-state index in [0.29, 0.717) is 5.02 Å². The molecule has 0 saturated heterocycles. The Labute approximate surface area is 190 Å². The van der Waals surface area contributed by atoms with Gasteiger partial charge in [0.25, 0.3) is 0 Å². The van der Waals surface area contributed by atoms with Crippen molar-refractivity contribution in [3.05, 3.63) is 108 Å². The van der Waals surface area contributed by atoms with Gasteiger partial charge in [0.1, 0.15) is 17.0 Å². The zero-order valence-corrected chi connectivity index (χ0v) is 18.6. The van der Waals surface area contributed by atoms with Gasteiger partial charge in [0.05, 0.1) is 5.39 Å². The minimum absolute atomic E-state index is 0.715. The smallest absolute Gasteiger partial charge is 0.149 e. The van der Waals surface area contributed by atoms with Crippen molar-refractivity contribution in [3.8, 4) is 16.8 Å². The van der Waals surface area contributed by atoms with Crippen LogP contribution >= 0.6 is 23.4 Å². The van der Waals surface area contributed by atoms with Gasteiger partial charge in [-0.3, -0.25) is 0 Å². The maximum atomic E-state index is 6.12. The van der Waals surface area contributed by atoms with Crippen LogP contribution in [-0.2, 0) is 5.75 Å². The van der Waals surface area contributed by atoms with Crippen molar-refractivity contribution in [2.24, 2.45) is 0 Å². The molecule has 5 aromatic rings. The normalized spacial score (nSPS) is 11.2. The van der Waals surface area contributed by atoms with Crippen LogP contribution < -0.4 is 0 Å². The molecule has 0 aliphatic carbocycles. The summed E-state index contributed by atoms with van der Waals surface area (Å²) >= 11 is 7.87. The topological polar surface area (TPSA) is 30.7 Å². The first-order valence-corrected chi connectivity index (χ1v) is 11.4. The average molecular weight is 442 g/mol. The summed E-state index contributed by atoms with van der Waals surface area (Å²) in [5.74, 6) is 0.860. The number of aromatic nitrogens is 3. The maximum Gasteiger partial charge on any atom is 0.149 e. The first-order valence-electron chi connectivity index (χ1n) is 10.1. The molecule has 5 heteroatoms. The van der Waals surface area contributed by atoms with E-state index in [2.05, 4.69) is 76.2 Å². The Morgan fingerprint density at radius 1 is 0.871 bits per heavy atom. The predicted octanol–water partition coefficient (Wildman–Crippen LogP) is 7.34. The van der Waals surface area contributed by atoms with Gasteiger partial charge in [-0.1, -0.05) is 66.2 Å². The number of rotatable bonds is 5. The summed E-state index contributed by atoms with van der Waals surface area (Å²) in [7, 11) is 0. The minimum atomic E-state index is 0.715. The predicted molar refractivity (Wildman–Crippen MR) is 130 cm³/mol. The van der Waals surface area contributed by atoms with E-state index in [0.717, 1.165) is 38.6 Å². The molecular formula is C26H20ClN3S. The summed E-state index contributed by atoms with van der Waals surface area (Å²) in [6.07, 6.45) is 3.81. The van der Waals surface area contributed by atoms with Crippen LogP contribution in [0.25, 0.3) is 27.8 Å². The zero-order valence-electron chi connectivity index (χ0n) is 17.0. The van der Waals surface area contributed by atoms with E-state index < -0.39 is 0 Å². The summed E-state index contributed by atoms with van der Waals surface area (Å²) in [5.41, 5.74) is 6.79. The fraction of sp³-hybridized carbons (Fsp3) is 0.0769. The summed E-state index contributed by atoms with van der Waals surface area (Å²) in [4.78, 5) is 9.34. The number of fused-ring (bicyclic) bond motifs is 1. The Balaban J connectivity index is 1.66. The maximum absolute atomic E-state index is 6.12. The molecule has 0 N–H and O–H groups in total. The Bertz CT molecular complexity index is 1340. The van der Waals surface area contributed by atoms with E-state index in [4.69, 9.17) is 11.6 Å². The lowest BCUT2D eigenvalue weighted by Gasteiger charge is -2.08. The van der Waals surface area contributed by atoms with Crippen molar-refractivity contribution in [3.63, 3.8) is 0 Å². The monoisotopic (exact) mass is 441 g/mol. The Morgan fingerprint density at radius 2 is 1.61 bits per heavy atom. The number of hydrogen-bond acceptors (Lipinski definition) is 3. The lowest BCUT2D eigenvalue weighted by molar-refractivity contribution is 1.04. The van der Waals surface area contributed by atoms with Gasteiger partial charge in [0, 0.05) is 28.2 Å². The highest BCUT2D eigenvalue weighted by Crippen LogP contribution is 2.38. The summed E-state index contributed by atoms with van der Waals surface area (Å²) < 4.78 is 2.12. The minimum Gasteiger partial charge on any atom is -0.301 e. The average Bonchev–Trinajstić information content (AvgIpc) is 3.20. The summed E-state index contributed by atoms with van der Waals surface area (Å²) in [6.45, 7) is 2.15. The van der Waals surface area contributed by atoms with E-state index in [-0.39, 0.29) is 0 Å². The fourth-order valence-electron chi connectivity index (χ4n) is 3.70. The molecule has 0 saturated carbocycles. The molecule has 5 rings (SSSR count). The third-order valence-corrected chi connectivity index (χ3v) is 6.65. The van der Waals surface area contributed by atoms with Crippen molar-refractivity contribution in [2.75, 3.05) is 0 Å². The van der Waals surface area contributed by atoms with E-state index >= 15 is 0 Å². The van der Waals surface area contributed by atoms with Crippen LogP contribution in [0.15, 0.2) is 96.4 Å². The summed E-state index contributed by atoms with van der Waals surface area (Å²) in [6, 6.07) is 26.7. The highest BCUT2D eigenvalue weighted by Gasteiger charge is 2.18. The highest BCUT2D eigenvalue weighted by atomic mass is 35.5. The number of benzene rings is 3. The lowest BCUT2D eigenvalue weighted by atomic mass is 10.1. The third kappa shape index (κ3) is 3.97. The molecule has 0 atom stereocenters. The van der Waals surface area contributed by atoms with E-state index in [1.54, 1.807) is 18.1 Å². The van der Waals surface area contributed by atoms with Gasteiger partial charge in [-0.15, -0.1) is 11.8 Å². The molecule has 0 radical (unpaired) electrons. The van der Waals surface area contributed by atoms with Crippen LogP contribution in [0.1, 0.15) is 11.1 Å². The van der Waals surface area contributed by atoms with Crippen molar-refractivity contribution < 1.29 is 0 Å². The molecule has 0 spiro atoms. The van der Waals surface area contributed by atoms with Crippen molar-refractivity contribution in [2.45, 2.75) is 17.7 Å². The molecule has 31 heavy (non-hydrogen) atoms. The molecule has 0 unspecified atom stereocenters. The number of hydrogen-bond donors (Lipinski definition) is 0. The molecule has 2 aromatic heterocycles. The molecule has 2 heterocycles. The molecule has 152 valence electrons. The molecule has 0 aliphatic heterocycles. The second-order valence-electron chi connectivity index (χ2n) is 7.35. The molecular weight excluding hydrogens is 422 g/mol. The van der Waals surface area contributed by atoms with Gasteiger partial charge in [-0.2, -0.15) is 0 Å². The first-order chi connectivity index (χ1) is 15.2.